The van der Waals surface area contributed by atoms with E-state index in [0.717, 1.165) is 49.8 Å². The number of thiophene rings is 1. The maximum atomic E-state index is 5.36. The Bertz CT molecular complexity index is 530. The van der Waals surface area contributed by atoms with E-state index in [1.807, 2.05) is 0 Å². The van der Waals surface area contributed by atoms with Crippen LogP contribution in [-0.2, 0) is 13.0 Å². The van der Waals surface area contributed by atoms with Crippen LogP contribution in [0, 0.1) is 0 Å². The molecule has 1 aliphatic heterocycles. The van der Waals surface area contributed by atoms with Gasteiger partial charge in [-0.1, -0.05) is 12.1 Å². The largest absolute Gasteiger partial charge is 0.333 e. The average molecular weight is 278 g/mol. The number of hydrogen-bond donors (Lipinski definition) is 1. The molecule has 0 amide bonds. The molecule has 0 atom stereocenters. The van der Waals surface area contributed by atoms with Crippen LogP contribution in [0.5, 0.6) is 0 Å². The zero-order valence-corrected chi connectivity index (χ0v) is 11.9. The highest BCUT2D eigenvalue weighted by atomic mass is 32.1. The number of aromatic nitrogens is 2. The molecule has 2 aromatic heterocycles. The van der Waals surface area contributed by atoms with Gasteiger partial charge in [0, 0.05) is 31.1 Å². The molecule has 5 nitrogen and oxygen atoms in total. The first-order chi connectivity index (χ1) is 9.35. The molecule has 1 saturated heterocycles. The normalized spacial score (nSPS) is 16.9. The third-order valence-corrected chi connectivity index (χ3v) is 4.48. The number of aryl methyl sites for hydroxylation is 1. The fraction of sp³-hybridized carbons (Fsp3) is 0.538. The molecule has 1 N–H and O–H groups in total. The van der Waals surface area contributed by atoms with Crippen LogP contribution in [0.25, 0.3) is 10.8 Å². The van der Waals surface area contributed by atoms with Crippen molar-refractivity contribution in [2.24, 2.45) is 0 Å². The van der Waals surface area contributed by atoms with E-state index in [4.69, 9.17) is 4.52 Å². The quantitative estimate of drug-likeness (QED) is 0.923. The minimum absolute atomic E-state index is 0.648. The molecule has 19 heavy (non-hydrogen) atoms. The van der Waals surface area contributed by atoms with Gasteiger partial charge in [0.05, 0.1) is 11.4 Å². The Morgan fingerprint density at radius 1 is 1.37 bits per heavy atom. The standard InChI is InChI=1S/C13H18N4OS/c1-2-10-3-4-11(19-10)13-15-12(16-18-13)9-17-7-5-14-6-8-17/h3-4,14H,2,5-9H2,1H3. The fourth-order valence-electron chi connectivity index (χ4n) is 2.17. The fourth-order valence-corrected chi connectivity index (χ4v) is 3.04. The van der Waals surface area contributed by atoms with Gasteiger partial charge in [0.2, 0.25) is 0 Å². The SMILES string of the molecule is CCc1ccc(-c2nc(CN3CCNCC3)no2)s1. The van der Waals surface area contributed by atoms with E-state index >= 15 is 0 Å². The molecule has 3 heterocycles. The molecule has 1 fully saturated rings. The van der Waals surface area contributed by atoms with Crippen molar-refractivity contribution in [3.05, 3.63) is 22.8 Å². The van der Waals surface area contributed by atoms with E-state index in [-0.39, 0.29) is 0 Å². The predicted octanol–water partition coefficient (Wildman–Crippen LogP) is 1.77. The lowest BCUT2D eigenvalue weighted by Crippen LogP contribution is -2.43. The van der Waals surface area contributed by atoms with Gasteiger partial charge in [-0.05, 0) is 18.6 Å². The van der Waals surface area contributed by atoms with Crippen molar-refractivity contribution < 1.29 is 4.52 Å². The first kappa shape index (κ1) is 12.8. The van der Waals surface area contributed by atoms with Gasteiger partial charge in [0.1, 0.15) is 0 Å². The van der Waals surface area contributed by atoms with Crippen molar-refractivity contribution in [1.82, 2.24) is 20.4 Å². The van der Waals surface area contributed by atoms with Crippen LogP contribution in [0.1, 0.15) is 17.6 Å². The number of nitrogens with one attached hydrogen (secondary N) is 1. The Kier molecular flexibility index (Phi) is 3.91. The van der Waals surface area contributed by atoms with E-state index in [1.54, 1.807) is 11.3 Å². The molecular formula is C13H18N4OS. The number of hydrogen-bond acceptors (Lipinski definition) is 6. The van der Waals surface area contributed by atoms with Gasteiger partial charge in [0.15, 0.2) is 5.82 Å². The van der Waals surface area contributed by atoms with Crippen LogP contribution in [0.3, 0.4) is 0 Å². The van der Waals surface area contributed by atoms with Crippen LogP contribution in [0.15, 0.2) is 16.7 Å². The van der Waals surface area contributed by atoms with E-state index < -0.39 is 0 Å². The summed E-state index contributed by atoms with van der Waals surface area (Å²) < 4.78 is 5.36. The number of nitrogens with zero attached hydrogens (tertiary/aromatic N) is 3. The van der Waals surface area contributed by atoms with Gasteiger partial charge in [-0.2, -0.15) is 4.98 Å². The molecule has 0 bridgehead atoms. The van der Waals surface area contributed by atoms with Gasteiger partial charge in [-0.15, -0.1) is 11.3 Å². The summed E-state index contributed by atoms with van der Waals surface area (Å²) in [6, 6.07) is 4.19. The Morgan fingerprint density at radius 3 is 2.95 bits per heavy atom. The summed E-state index contributed by atoms with van der Waals surface area (Å²) in [5.74, 6) is 1.43. The molecule has 0 aliphatic carbocycles. The summed E-state index contributed by atoms with van der Waals surface area (Å²) in [6.45, 7) is 7.09. The van der Waals surface area contributed by atoms with E-state index in [1.165, 1.54) is 4.88 Å². The summed E-state index contributed by atoms with van der Waals surface area (Å²) in [5, 5.41) is 7.42. The van der Waals surface area contributed by atoms with Gasteiger partial charge >= 0.3 is 0 Å². The van der Waals surface area contributed by atoms with Gasteiger partial charge in [-0.3, -0.25) is 4.90 Å². The molecule has 3 rings (SSSR count). The lowest BCUT2D eigenvalue weighted by Gasteiger charge is -2.25. The molecule has 0 spiro atoms. The molecule has 2 aromatic rings. The molecule has 0 unspecified atom stereocenters. The van der Waals surface area contributed by atoms with Crippen molar-refractivity contribution >= 4 is 11.3 Å². The molecular weight excluding hydrogens is 260 g/mol. The third-order valence-electron chi connectivity index (χ3n) is 3.26. The van der Waals surface area contributed by atoms with Crippen LogP contribution < -0.4 is 5.32 Å². The summed E-state index contributed by atoms with van der Waals surface area (Å²) in [7, 11) is 0. The predicted molar refractivity (Wildman–Crippen MR) is 75.1 cm³/mol. The second-order valence-electron chi connectivity index (χ2n) is 4.66. The highest BCUT2D eigenvalue weighted by Crippen LogP contribution is 2.27. The summed E-state index contributed by atoms with van der Waals surface area (Å²) in [4.78, 5) is 9.25. The molecule has 0 saturated carbocycles. The molecule has 0 aromatic carbocycles. The van der Waals surface area contributed by atoms with Crippen molar-refractivity contribution in [2.75, 3.05) is 26.2 Å². The highest BCUT2D eigenvalue weighted by molar-refractivity contribution is 7.15. The molecule has 6 heteroatoms. The zero-order chi connectivity index (χ0) is 13.1. The maximum Gasteiger partial charge on any atom is 0.268 e. The van der Waals surface area contributed by atoms with Crippen molar-refractivity contribution in [1.29, 1.82) is 0 Å². The van der Waals surface area contributed by atoms with Crippen LogP contribution in [0.4, 0.5) is 0 Å². The minimum Gasteiger partial charge on any atom is -0.333 e. The topological polar surface area (TPSA) is 54.2 Å². The minimum atomic E-state index is 0.648. The zero-order valence-electron chi connectivity index (χ0n) is 11.1. The number of rotatable bonds is 4. The summed E-state index contributed by atoms with van der Waals surface area (Å²) >= 11 is 1.73. The second kappa shape index (κ2) is 5.81. The average Bonchev–Trinajstić information content (AvgIpc) is 3.08. The van der Waals surface area contributed by atoms with Crippen molar-refractivity contribution in [3.63, 3.8) is 0 Å². The third kappa shape index (κ3) is 3.02. The highest BCUT2D eigenvalue weighted by Gasteiger charge is 2.15. The first-order valence-corrected chi connectivity index (χ1v) is 7.51. The van der Waals surface area contributed by atoms with Crippen LogP contribution >= 0.6 is 11.3 Å². The molecule has 1 aliphatic rings. The monoisotopic (exact) mass is 278 g/mol. The maximum absolute atomic E-state index is 5.36. The van der Waals surface area contributed by atoms with Crippen LogP contribution in [-0.4, -0.2) is 41.2 Å². The Labute approximate surface area is 116 Å². The van der Waals surface area contributed by atoms with Gasteiger partial charge in [0.25, 0.3) is 5.89 Å². The summed E-state index contributed by atoms with van der Waals surface area (Å²) in [5.41, 5.74) is 0. The summed E-state index contributed by atoms with van der Waals surface area (Å²) in [6.07, 6.45) is 1.05. The van der Waals surface area contributed by atoms with Crippen LogP contribution in [0.2, 0.25) is 0 Å². The van der Waals surface area contributed by atoms with Crippen molar-refractivity contribution in [3.8, 4) is 10.8 Å². The Hall–Kier alpha value is -1.24. The lowest BCUT2D eigenvalue weighted by atomic mass is 10.3. The molecule has 0 radical (unpaired) electrons. The Morgan fingerprint density at radius 2 is 2.21 bits per heavy atom. The van der Waals surface area contributed by atoms with E-state index in [2.05, 4.69) is 39.4 Å². The van der Waals surface area contributed by atoms with E-state index in [9.17, 15) is 0 Å². The van der Waals surface area contributed by atoms with Gasteiger partial charge in [-0.25, -0.2) is 0 Å². The molecule has 102 valence electrons. The van der Waals surface area contributed by atoms with E-state index in [0.29, 0.717) is 5.89 Å². The number of piperazine rings is 1. The Balaban J connectivity index is 1.68. The lowest BCUT2D eigenvalue weighted by molar-refractivity contribution is 0.225. The van der Waals surface area contributed by atoms with Crippen molar-refractivity contribution in [2.45, 2.75) is 19.9 Å². The smallest absolute Gasteiger partial charge is 0.268 e. The second-order valence-corrected chi connectivity index (χ2v) is 5.83. The van der Waals surface area contributed by atoms with Gasteiger partial charge < -0.3 is 9.84 Å². The first-order valence-electron chi connectivity index (χ1n) is 6.70.